The topological polar surface area (TPSA) is 117 Å². The molecule has 0 unspecified atom stereocenters. The number of benzene rings is 1. The molecule has 2 rings (SSSR count). The van der Waals surface area contributed by atoms with Gasteiger partial charge in [0.1, 0.15) is 5.54 Å². The number of carboxylic acid groups (broad SMARTS) is 1. The van der Waals surface area contributed by atoms with Crippen LogP contribution in [0.15, 0.2) is 24.3 Å². The molecule has 1 aromatic rings. The van der Waals surface area contributed by atoms with Crippen molar-refractivity contribution >= 4 is 29.5 Å². The Labute approximate surface area is 149 Å². The summed E-state index contributed by atoms with van der Waals surface area (Å²) in [7, 11) is 0. The molecular weight excluding hydrogens is 350 g/mol. The molecule has 0 atom stereocenters. The predicted octanol–water partition coefficient (Wildman–Crippen LogP) is 0.889. The van der Waals surface area contributed by atoms with E-state index in [2.05, 4.69) is 16.0 Å². The van der Waals surface area contributed by atoms with E-state index >= 15 is 0 Å². The van der Waals surface area contributed by atoms with Gasteiger partial charge in [-0.25, -0.2) is 9.59 Å². The van der Waals surface area contributed by atoms with Gasteiger partial charge in [-0.15, -0.1) is 0 Å². The average Bonchev–Trinajstić information content (AvgIpc) is 2.60. The maximum absolute atomic E-state index is 12.0. The molecule has 9 heteroatoms. The molecule has 0 spiro atoms. The standard InChI is InChI=1S/C16H20ClN3O5/c17-12-3-1-11(2-4-12)9-18-15(24)19-10-13(21)20-16(14(22)23)5-7-25-8-6-16/h1-4H,5-10H2,(H,20,21)(H,22,23)(H2,18,19,24). The highest BCUT2D eigenvalue weighted by Crippen LogP contribution is 2.20. The Balaban J connectivity index is 1.75. The molecule has 0 bridgehead atoms. The van der Waals surface area contributed by atoms with E-state index in [9.17, 15) is 19.5 Å². The van der Waals surface area contributed by atoms with Gasteiger partial charge in [0, 0.05) is 37.6 Å². The second-order valence-electron chi connectivity index (χ2n) is 5.71. The van der Waals surface area contributed by atoms with Crippen LogP contribution in [0.25, 0.3) is 0 Å². The Morgan fingerprint density at radius 3 is 2.36 bits per heavy atom. The van der Waals surface area contributed by atoms with E-state index in [0.717, 1.165) is 5.56 Å². The summed E-state index contributed by atoms with van der Waals surface area (Å²) in [6.45, 7) is 0.493. The summed E-state index contributed by atoms with van der Waals surface area (Å²) in [5, 5.41) is 17.5. The number of nitrogens with one attached hydrogen (secondary N) is 3. The van der Waals surface area contributed by atoms with Crippen LogP contribution in [0, 0.1) is 0 Å². The van der Waals surface area contributed by atoms with Crippen molar-refractivity contribution in [2.24, 2.45) is 0 Å². The first kappa shape index (κ1) is 19.0. The van der Waals surface area contributed by atoms with Crippen LogP contribution in [0.1, 0.15) is 18.4 Å². The summed E-state index contributed by atoms with van der Waals surface area (Å²) >= 11 is 5.78. The van der Waals surface area contributed by atoms with Crippen molar-refractivity contribution in [1.82, 2.24) is 16.0 Å². The van der Waals surface area contributed by atoms with Crippen molar-refractivity contribution in [2.75, 3.05) is 19.8 Å². The van der Waals surface area contributed by atoms with Gasteiger partial charge >= 0.3 is 12.0 Å². The summed E-state index contributed by atoms with van der Waals surface area (Å²) in [6, 6.07) is 6.45. The van der Waals surface area contributed by atoms with Crippen molar-refractivity contribution < 1.29 is 24.2 Å². The van der Waals surface area contributed by atoms with E-state index in [-0.39, 0.29) is 39.1 Å². The second-order valence-corrected chi connectivity index (χ2v) is 6.15. The monoisotopic (exact) mass is 369 g/mol. The number of urea groups is 1. The molecular formula is C16H20ClN3O5. The second kappa shape index (κ2) is 8.68. The van der Waals surface area contributed by atoms with Crippen molar-refractivity contribution in [3.8, 4) is 0 Å². The van der Waals surface area contributed by atoms with Crippen LogP contribution in [0.5, 0.6) is 0 Å². The van der Waals surface area contributed by atoms with E-state index in [4.69, 9.17) is 16.3 Å². The van der Waals surface area contributed by atoms with Gasteiger partial charge in [0.05, 0.1) is 6.54 Å². The van der Waals surface area contributed by atoms with Gasteiger partial charge in [-0.2, -0.15) is 0 Å². The third-order valence-corrected chi connectivity index (χ3v) is 4.16. The Hall–Kier alpha value is -2.32. The molecule has 1 aliphatic heterocycles. The van der Waals surface area contributed by atoms with E-state index in [1.165, 1.54) is 0 Å². The molecule has 25 heavy (non-hydrogen) atoms. The van der Waals surface area contributed by atoms with E-state index in [1.54, 1.807) is 24.3 Å². The van der Waals surface area contributed by atoms with Crippen molar-refractivity contribution in [3.63, 3.8) is 0 Å². The average molecular weight is 370 g/mol. The lowest BCUT2D eigenvalue weighted by Crippen LogP contribution is -2.59. The molecule has 1 aliphatic rings. The van der Waals surface area contributed by atoms with Crippen LogP contribution in [0.2, 0.25) is 5.02 Å². The fraction of sp³-hybridized carbons (Fsp3) is 0.438. The number of hydrogen-bond donors (Lipinski definition) is 4. The van der Waals surface area contributed by atoms with Gasteiger partial charge in [-0.05, 0) is 17.7 Å². The number of amides is 3. The zero-order valence-corrected chi connectivity index (χ0v) is 14.3. The van der Waals surface area contributed by atoms with Gasteiger partial charge in [0.2, 0.25) is 5.91 Å². The van der Waals surface area contributed by atoms with E-state index < -0.39 is 23.4 Å². The van der Waals surface area contributed by atoms with Crippen molar-refractivity contribution in [1.29, 1.82) is 0 Å². The first-order chi connectivity index (χ1) is 11.9. The van der Waals surface area contributed by atoms with Crippen LogP contribution in [-0.2, 0) is 20.9 Å². The maximum Gasteiger partial charge on any atom is 0.329 e. The lowest BCUT2D eigenvalue weighted by atomic mass is 9.90. The van der Waals surface area contributed by atoms with Gasteiger partial charge in [-0.1, -0.05) is 23.7 Å². The number of ether oxygens (including phenoxy) is 1. The molecule has 0 aliphatic carbocycles. The predicted molar refractivity (Wildman–Crippen MR) is 90.3 cm³/mol. The molecule has 0 radical (unpaired) electrons. The lowest BCUT2D eigenvalue weighted by Gasteiger charge is -2.33. The quantitative estimate of drug-likeness (QED) is 0.594. The number of rotatable bonds is 6. The smallest absolute Gasteiger partial charge is 0.329 e. The normalized spacial score (nSPS) is 15.9. The Morgan fingerprint density at radius 1 is 1.12 bits per heavy atom. The minimum Gasteiger partial charge on any atom is -0.480 e. The lowest BCUT2D eigenvalue weighted by molar-refractivity contribution is -0.151. The zero-order valence-electron chi connectivity index (χ0n) is 13.5. The van der Waals surface area contributed by atoms with Crippen molar-refractivity contribution in [2.45, 2.75) is 24.9 Å². The molecule has 1 fully saturated rings. The summed E-state index contributed by atoms with van der Waals surface area (Å²) in [5.41, 5.74) is -0.479. The molecule has 3 amide bonds. The van der Waals surface area contributed by atoms with Crippen LogP contribution < -0.4 is 16.0 Å². The Morgan fingerprint density at radius 2 is 1.76 bits per heavy atom. The third-order valence-electron chi connectivity index (χ3n) is 3.91. The zero-order chi connectivity index (χ0) is 18.3. The summed E-state index contributed by atoms with van der Waals surface area (Å²) in [5.74, 6) is -1.66. The van der Waals surface area contributed by atoms with Gasteiger partial charge in [0.15, 0.2) is 0 Å². The fourth-order valence-corrected chi connectivity index (χ4v) is 2.56. The number of carbonyl (C=O) groups is 3. The molecule has 1 heterocycles. The SMILES string of the molecule is O=C(CNC(=O)NCc1ccc(Cl)cc1)NC1(C(=O)O)CCOCC1. The van der Waals surface area contributed by atoms with E-state index in [0.29, 0.717) is 5.02 Å². The maximum atomic E-state index is 12.0. The molecule has 8 nitrogen and oxygen atoms in total. The van der Waals surface area contributed by atoms with Gasteiger partial charge in [-0.3, -0.25) is 4.79 Å². The molecule has 136 valence electrons. The van der Waals surface area contributed by atoms with Gasteiger partial charge in [0.25, 0.3) is 0 Å². The van der Waals surface area contributed by atoms with Crippen LogP contribution >= 0.6 is 11.6 Å². The summed E-state index contributed by atoms with van der Waals surface area (Å²) < 4.78 is 5.13. The molecule has 0 aromatic heterocycles. The Kier molecular flexibility index (Phi) is 6.60. The number of halogens is 1. The summed E-state index contributed by atoms with van der Waals surface area (Å²) in [6.07, 6.45) is 0.383. The Bertz CT molecular complexity index is 629. The van der Waals surface area contributed by atoms with Crippen LogP contribution in [0.4, 0.5) is 4.79 Å². The van der Waals surface area contributed by atoms with E-state index in [1.807, 2.05) is 0 Å². The molecule has 1 aromatic carbocycles. The summed E-state index contributed by atoms with van der Waals surface area (Å²) in [4.78, 5) is 35.1. The van der Waals surface area contributed by atoms with Crippen LogP contribution in [-0.4, -0.2) is 48.3 Å². The third kappa shape index (κ3) is 5.61. The van der Waals surface area contributed by atoms with Crippen molar-refractivity contribution in [3.05, 3.63) is 34.9 Å². The first-order valence-corrected chi connectivity index (χ1v) is 8.17. The highest BCUT2D eigenvalue weighted by Gasteiger charge is 2.41. The number of hydrogen-bond acceptors (Lipinski definition) is 4. The molecule has 4 N–H and O–H groups in total. The largest absolute Gasteiger partial charge is 0.480 e. The molecule has 0 saturated carbocycles. The highest BCUT2D eigenvalue weighted by atomic mass is 35.5. The van der Waals surface area contributed by atoms with Gasteiger partial charge < -0.3 is 25.8 Å². The first-order valence-electron chi connectivity index (χ1n) is 7.79. The van der Waals surface area contributed by atoms with Crippen LogP contribution in [0.3, 0.4) is 0 Å². The number of aliphatic carboxylic acids is 1. The number of carboxylic acids is 1. The minimum atomic E-state index is -1.34. The minimum absolute atomic E-state index is 0.191. The highest BCUT2D eigenvalue weighted by molar-refractivity contribution is 6.30. The molecule has 1 saturated heterocycles. The number of carbonyl (C=O) groups excluding carboxylic acids is 2. The fourth-order valence-electron chi connectivity index (χ4n) is 2.43.